The number of para-hydroxylation sites is 1. The van der Waals surface area contributed by atoms with Crippen LogP contribution in [-0.4, -0.2) is 31.1 Å². The minimum Gasteiger partial charge on any atom is -0.490 e. The highest BCUT2D eigenvalue weighted by Crippen LogP contribution is 2.19. The van der Waals surface area contributed by atoms with Crippen molar-refractivity contribution in [1.82, 2.24) is 5.32 Å². The van der Waals surface area contributed by atoms with Crippen LogP contribution in [-0.2, 0) is 0 Å². The van der Waals surface area contributed by atoms with E-state index < -0.39 is 24.5 Å². The van der Waals surface area contributed by atoms with E-state index in [4.69, 9.17) is 4.74 Å². The first kappa shape index (κ1) is 20.0. The van der Waals surface area contributed by atoms with Crippen LogP contribution in [0.15, 0.2) is 61.2 Å². The van der Waals surface area contributed by atoms with Gasteiger partial charge >= 0.3 is 6.18 Å². The van der Waals surface area contributed by atoms with Gasteiger partial charge in [0.1, 0.15) is 18.9 Å². The Morgan fingerprint density at radius 3 is 2.33 bits per heavy atom. The number of ether oxygens (including phenoxy) is 1. The van der Waals surface area contributed by atoms with Gasteiger partial charge in [-0.1, -0.05) is 24.8 Å². The molecule has 5 nitrogen and oxygen atoms in total. The third kappa shape index (κ3) is 6.18. The van der Waals surface area contributed by atoms with Gasteiger partial charge in [-0.25, -0.2) is 0 Å². The van der Waals surface area contributed by atoms with Gasteiger partial charge in [-0.15, -0.1) is 0 Å². The van der Waals surface area contributed by atoms with Crippen molar-refractivity contribution in [1.29, 1.82) is 0 Å². The standard InChI is InChI=1S/C19H17F3N2O3/c1-2-11-27-14-9-7-13(8-10-14)17(25)24-16-6-4-3-5-15(16)18(26)23-12-19(20,21)22/h2-10H,1,11-12H2,(H,23,26)(H,24,25). The second-order valence-electron chi connectivity index (χ2n) is 5.42. The molecule has 0 bridgehead atoms. The number of amides is 2. The molecule has 142 valence electrons. The first-order valence-electron chi connectivity index (χ1n) is 7.89. The van der Waals surface area contributed by atoms with Crippen molar-refractivity contribution in [3.63, 3.8) is 0 Å². The highest BCUT2D eigenvalue weighted by atomic mass is 19.4. The quantitative estimate of drug-likeness (QED) is 0.721. The number of benzene rings is 2. The van der Waals surface area contributed by atoms with E-state index >= 15 is 0 Å². The summed E-state index contributed by atoms with van der Waals surface area (Å²) in [6.07, 6.45) is -2.94. The molecule has 0 atom stereocenters. The molecule has 0 spiro atoms. The molecule has 2 rings (SSSR count). The average molecular weight is 378 g/mol. The minimum atomic E-state index is -4.52. The highest BCUT2D eigenvalue weighted by Gasteiger charge is 2.28. The molecule has 0 saturated heterocycles. The van der Waals surface area contributed by atoms with E-state index in [-0.39, 0.29) is 11.3 Å². The van der Waals surface area contributed by atoms with E-state index in [2.05, 4.69) is 11.9 Å². The predicted octanol–water partition coefficient (Wildman–Crippen LogP) is 3.80. The lowest BCUT2D eigenvalue weighted by atomic mass is 10.1. The van der Waals surface area contributed by atoms with E-state index in [0.29, 0.717) is 17.9 Å². The second-order valence-corrected chi connectivity index (χ2v) is 5.42. The van der Waals surface area contributed by atoms with Crippen LogP contribution in [0.3, 0.4) is 0 Å². The topological polar surface area (TPSA) is 67.4 Å². The summed E-state index contributed by atoms with van der Waals surface area (Å²) in [5.41, 5.74) is 0.335. The summed E-state index contributed by atoms with van der Waals surface area (Å²) in [6.45, 7) is 2.40. The molecule has 2 aromatic rings. The summed E-state index contributed by atoms with van der Waals surface area (Å²) in [7, 11) is 0. The van der Waals surface area contributed by atoms with Gasteiger partial charge in [-0.05, 0) is 36.4 Å². The lowest BCUT2D eigenvalue weighted by Gasteiger charge is -2.13. The van der Waals surface area contributed by atoms with Crippen molar-refractivity contribution in [2.45, 2.75) is 6.18 Å². The molecule has 0 aromatic heterocycles. The maximum atomic E-state index is 12.4. The molecule has 0 aliphatic rings. The number of carbonyl (C=O) groups is 2. The monoisotopic (exact) mass is 378 g/mol. The van der Waals surface area contributed by atoms with E-state index in [0.717, 1.165) is 0 Å². The largest absolute Gasteiger partial charge is 0.490 e. The van der Waals surface area contributed by atoms with Crippen LogP contribution < -0.4 is 15.4 Å². The van der Waals surface area contributed by atoms with Gasteiger partial charge < -0.3 is 15.4 Å². The number of hydrogen-bond acceptors (Lipinski definition) is 3. The number of hydrogen-bond donors (Lipinski definition) is 2. The number of anilines is 1. The van der Waals surface area contributed by atoms with Gasteiger partial charge in [-0.3, -0.25) is 9.59 Å². The van der Waals surface area contributed by atoms with Crippen LogP contribution >= 0.6 is 0 Å². The van der Waals surface area contributed by atoms with Crippen molar-refractivity contribution in [3.05, 3.63) is 72.3 Å². The fourth-order valence-corrected chi connectivity index (χ4v) is 2.12. The fourth-order valence-electron chi connectivity index (χ4n) is 2.12. The van der Waals surface area contributed by atoms with Gasteiger partial charge in [0.05, 0.1) is 11.3 Å². The van der Waals surface area contributed by atoms with Crippen molar-refractivity contribution < 1.29 is 27.5 Å². The van der Waals surface area contributed by atoms with Crippen molar-refractivity contribution >= 4 is 17.5 Å². The normalized spacial score (nSPS) is 10.8. The number of carbonyl (C=O) groups excluding carboxylic acids is 2. The molecule has 0 saturated carbocycles. The highest BCUT2D eigenvalue weighted by molar-refractivity contribution is 6.09. The molecule has 0 unspecified atom stereocenters. The molecule has 27 heavy (non-hydrogen) atoms. The zero-order chi connectivity index (χ0) is 19.9. The smallest absolute Gasteiger partial charge is 0.405 e. The number of halogens is 3. The van der Waals surface area contributed by atoms with Gasteiger partial charge in [0.15, 0.2) is 0 Å². The first-order valence-corrected chi connectivity index (χ1v) is 7.89. The molecule has 0 fully saturated rings. The zero-order valence-electron chi connectivity index (χ0n) is 14.2. The van der Waals surface area contributed by atoms with Crippen molar-refractivity contribution in [2.75, 3.05) is 18.5 Å². The van der Waals surface area contributed by atoms with E-state index in [9.17, 15) is 22.8 Å². The van der Waals surface area contributed by atoms with E-state index in [1.807, 2.05) is 0 Å². The number of rotatable bonds is 7. The molecule has 0 heterocycles. The number of alkyl halides is 3. The Labute approximate surface area is 153 Å². The fraction of sp³-hybridized carbons (Fsp3) is 0.158. The third-order valence-corrected chi connectivity index (χ3v) is 3.35. The van der Waals surface area contributed by atoms with Gasteiger partial charge in [-0.2, -0.15) is 13.2 Å². The molecule has 0 radical (unpaired) electrons. The Bertz CT molecular complexity index is 818. The Kier molecular flexibility index (Phi) is 6.59. The lowest BCUT2D eigenvalue weighted by molar-refractivity contribution is -0.123. The number of nitrogens with one attached hydrogen (secondary N) is 2. The molecular weight excluding hydrogens is 361 g/mol. The lowest BCUT2D eigenvalue weighted by Crippen LogP contribution is -2.34. The zero-order valence-corrected chi connectivity index (χ0v) is 14.2. The van der Waals surface area contributed by atoms with E-state index in [1.165, 1.54) is 30.3 Å². The van der Waals surface area contributed by atoms with Crippen LogP contribution in [0.1, 0.15) is 20.7 Å². The van der Waals surface area contributed by atoms with Gasteiger partial charge in [0, 0.05) is 5.56 Å². The van der Waals surface area contributed by atoms with Crippen LogP contribution in [0.4, 0.5) is 18.9 Å². The maximum absolute atomic E-state index is 12.4. The van der Waals surface area contributed by atoms with E-state index in [1.54, 1.807) is 29.6 Å². The van der Waals surface area contributed by atoms with Crippen LogP contribution in [0, 0.1) is 0 Å². The maximum Gasteiger partial charge on any atom is 0.405 e. The molecule has 0 aliphatic heterocycles. The third-order valence-electron chi connectivity index (χ3n) is 3.35. The molecule has 2 amide bonds. The summed E-state index contributed by atoms with van der Waals surface area (Å²) < 4.78 is 42.1. The molecular formula is C19H17F3N2O3. The van der Waals surface area contributed by atoms with Crippen molar-refractivity contribution in [3.8, 4) is 5.75 Å². The average Bonchev–Trinajstić information content (AvgIpc) is 2.64. The van der Waals surface area contributed by atoms with Crippen LogP contribution in [0.5, 0.6) is 5.75 Å². The minimum absolute atomic E-state index is 0.0685. The van der Waals surface area contributed by atoms with Gasteiger partial charge in [0.25, 0.3) is 11.8 Å². The first-order chi connectivity index (χ1) is 12.8. The Balaban J connectivity index is 2.09. The summed E-state index contributed by atoms with van der Waals surface area (Å²) in [5, 5.41) is 4.31. The second kappa shape index (κ2) is 8.88. The van der Waals surface area contributed by atoms with Crippen molar-refractivity contribution in [2.24, 2.45) is 0 Å². The summed E-state index contributed by atoms with van der Waals surface area (Å²) in [6, 6.07) is 12.1. The summed E-state index contributed by atoms with van der Waals surface area (Å²) in [4.78, 5) is 24.3. The Morgan fingerprint density at radius 1 is 1.04 bits per heavy atom. The van der Waals surface area contributed by atoms with Gasteiger partial charge in [0.2, 0.25) is 0 Å². The van der Waals surface area contributed by atoms with Crippen LogP contribution in [0.25, 0.3) is 0 Å². The Morgan fingerprint density at radius 2 is 1.70 bits per heavy atom. The predicted molar refractivity (Wildman–Crippen MR) is 94.9 cm³/mol. The molecule has 8 heteroatoms. The molecule has 2 aromatic carbocycles. The summed E-state index contributed by atoms with van der Waals surface area (Å²) in [5.74, 6) is -0.892. The molecule has 0 aliphatic carbocycles. The summed E-state index contributed by atoms with van der Waals surface area (Å²) >= 11 is 0. The van der Waals surface area contributed by atoms with Crippen LogP contribution in [0.2, 0.25) is 0 Å². The SMILES string of the molecule is C=CCOc1ccc(C(=O)Nc2ccccc2C(=O)NCC(F)(F)F)cc1. The molecule has 2 N–H and O–H groups in total. The Hall–Kier alpha value is -3.29.